The van der Waals surface area contributed by atoms with Crippen molar-refractivity contribution >= 4 is 27.8 Å². The van der Waals surface area contributed by atoms with Gasteiger partial charge in [-0.05, 0) is 51.8 Å². The van der Waals surface area contributed by atoms with Gasteiger partial charge in [-0.1, -0.05) is 18.2 Å². The van der Waals surface area contributed by atoms with Crippen LogP contribution >= 0.6 is 15.9 Å². The van der Waals surface area contributed by atoms with Crippen LogP contribution in [0.15, 0.2) is 58.1 Å². The minimum Gasteiger partial charge on any atom is -0.434 e. The number of hydrazone groups is 1. The smallest absolute Gasteiger partial charge is 0.387 e. The predicted octanol–water partition coefficient (Wildman–Crippen LogP) is 4.50. The molecule has 0 bridgehead atoms. The highest BCUT2D eigenvalue weighted by atomic mass is 79.9. The van der Waals surface area contributed by atoms with Gasteiger partial charge in [0, 0.05) is 0 Å². The van der Waals surface area contributed by atoms with Gasteiger partial charge in [0.15, 0.2) is 0 Å². The van der Waals surface area contributed by atoms with Crippen molar-refractivity contribution in [3.63, 3.8) is 0 Å². The number of ether oxygens (including phenoxy) is 1. The van der Waals surface area contributed by atoms with E-state index < -0.39 is 6.61 Å². The molecule has 0 atom stereocenters. The maximum atomic E-state index is 12.1. The molecule has 104 valence electrons. The maximum absolute atomic E-state index is 12.1. The molecule has 0 aliphatic heterocycles. The molecule has 0 aromatic heterocycles. The normalized spacial score (nSPS) is 11.0. The molecule has 20 heavy (non-hydrogen) atoms. The van der Waals surface area contributed by atoms with E-state index in [1.165, 1.54) is 6.07 Å². The highest BCUT2D eigenvalue weighted by Gasteiger charge is 2.07. The average molecular weight is 341 g/mol. The lowest BCUT2D eigenvalue weighted by atomic mass is 10.2. The maximum Gasteiger partial charge on any atom is 0.387 e. The van der Waals surface area contributed by atoms with Crippen molar-refractivity contribution in [1.82, 2.24) is 0 Å². The lowest BCUT2D eigenvalue weighted by Gasteiger charge is -2.06. The van der Waals surface area contributed by atoms with E-state index in [2.05, 4.69) is 31.2 Å². The number of hydrogen-bond acceptors (Lipinski definition) is 3. The third-order valence-corrected chi connectivity index (χ3v) is 2.97. The first-order valence-corrected chi connectivity index (χ1v) is 6.53. The summed E-state index contributed by atoms with van der Waals surface area (Å²) in [5.74, 6) is 0.0909. The van der Waals surface area contributed by atoms with Crippen LogP contribution in [0.25, 0.3) is 0 Å². The molecule has 1 N–H and O–H groups in total. The third-order valence-electron chi connectivity index (χ3n) is 2.35. The summed E-state index contributed by atoms with van der Waals surface area (Å²) in [5, 5.41) is 4.06. The van der Waals surface area contributed by atoms with Crippen molar-refractivity contribution in [2.45, 2.75) is 6.61 Å². The Morgan fingerprint density at radius 3 is 2.55 bits per heavy atom. The summed E-state index contributed by atoms with van der Waals surface area (Å²) in [6.07, 6.45) is 1.59. The molecule has 3 nitrogen and oxygen atoms in total. The fourth-order valence-corrected chi connectivity index (χ4v) is 1.97. The monoisotopic (exact) mass is 340 g/mol. The van der Waals surface area contributed by atoms with Gasteiger partial charge in [0.2, 0.25) is 0 Å². The van der Waals surface area contributed by atoms with E-state index in [0.29, 0.717) is 4.47 Å². The number of nitrogens with zero attached hydrogens (tertiary/aromatic N) is 1. The van der Waals surface area contributed by atoms with Gasteiger partial charge in [-0.2, -0.15) is 13.9 Å². The van der Waals surface area contributed by atoms with E-state index in [0.717, 1.165) is 11.3 Å². The van der Waals surface area contributed by atoms with Gasteiger partial charge in [-0.25, -0.2) is 0 Å². The molecule has 0 amide bonds. The van der Waals surface area contributed by atoms with Crippen LogP contribution in [-0.4, -0.2) is 12.8 Å². The minimum atomic E-state index is -2.84. The average Bonchev–Trinajstić information content (AvgIpc) is 2.43. The first kappa shape index (κ1) is 14.5. The highest BCUT2D eigenvalue weighted by molar-refractivity contribution is 9.10. The molecule has 0 spiro atoms. The second-order valence-corrected chi connectivity index (χ2v) is 4.66. The summed E-state index contributed by atoms with van der Waals surface area (Å²) in [7, 11) is 0. The van der Waals surface area contributed by atoms with Crippen LogP contribution in [0.1, 0.15) is 5.56 Å². The zero-order chi connectivity index (χ0) is 14.4. The Morgan fingerprint density at radius 1 is 1.15 bits per heavy atom. The van der Waals surface area contributed by atoms with Crippen LogP contribution < -0.4 is 10.2 Å². The number of halogens is 3. The number of rotatable bonds is 5. The molecule has 0 saturated heterocycles. The van der Waals surface area contributed by atoms with Gasteiger partial charge >= 0.3 is 6.61 Å². The molecule has 0 fully saturated rings. The minimum absolute atomic E-state index is 0.0909. The molecule has 0 radical (unpaired) electrons. The fourth-order valence-electron chi connectivity index (χ4n) is 1.48. The van der Waals surface area contributed by atoms with Crippen LogP contribution in [0.2, 0.25) is 0 Å². The van der Waals surface area contributed by atoms with Crippen molar-refractivity contribution in [3.05, 3.63) is 58.6 Å². The van der Waals surface area contributed by atoms with Gasteiger partial charge in [0.1, 0.15) is 5.75 Å². The molecule has 0 heterocycles. The number of benzene rings is 2. The van der Waals surface area contributed by atoms with Gasteiger partial charge in [-0.15, -0.1) is 0 Å². The van der Waals surface area contributed by atoms with Gasteiger partial charge in [0.25, 0.3) is 0 Å². The Bertz CT molecular complexity index is 591. The van der Waals surface area contributed by atoms with Crippen molar-refractivity contribution < 1.29 is 13.5 Å². The van der Waals surface area contributed by atoms with Crippen LogP contribution in [0.3, 0.4) is 0 Å². The first-order chi connectivity index (χ1) is 9.65. The summed E-state index contributed by atoms with van der Waals surface area (Å²) in [6.45, 7) is -2.84. The number of hydrogen-bond donors (Lipinski definition) is 1. The standard InChI is InChI=1S/C14H11BrF2N2O/c15-12-8-10(6-7-13(12)20-14(16)17)9-18-19-11-4-2-1-3-5-11/h1-9,14,19H. The lowest BCUT2D eigenvalue weighted by molar-refractivity contribution is -0.0503. The molecular formula is C14H11BrF2N2O. The number of para-hydroxylation sites is 1. The predicted molar refractivity (Wildman–Crippen MR) is 78.4 cm³/mol. The molecule has 6 heteroatoms. The Morgan fingerprint density at radius 2 is 1.90 bits per heavy atom. The number of alkyl halides is 2. The fraction of sp³-hybridized carbons (Fsp3) is 0.0714. The Hall–Kier alpha value is -1.95. The molecule has 0 unspecified atom stereocenters. The van der Waals surface area contributed by atoms with E-state index in [-0.39, 0.29) is 5.75 Å². The van der Waals surface area contributed by atoms with Crippen LogP contribution in [0.4, 0.5) is 14.5 Å². The molecule has 2 rings (SSSR count). The van der Waals surface area contributed by atoms with Crippen LogP contribution in [0, 0.1) is 0 Å². The van der Waals surface area contributed by atoms with Crippen molar-refractivity contribution in [3.8, 4) is 5.75 Å². The van der Waals surface area contributed by atoms with E-state index in [9.17, 15) is 8.78 Å². The van der Waals surface area contributed by atoms with Crippen LogP contribution in [0.5, 0.6) is 5.75 Å². The van der Waals surface area contributed by atoms with E-state index in [1.807, 2.05) is 30.3 Å². The van der Waals surface area contributed by atoms with E-state index in [4.69, 9.17) is 0 Å². The summed E-state index contributed by atoms with van der Waals surface area (Å²) in [6, 6.07) is 14.2. The molecule has 0 aliphatic rings. The molecular weight excluding hydrogens is 330 g/mol. The summed E-state index contributed by atoms with van der Waals surface area (Å²) >= 11 is 3.17. The Balaban J connectivity index is 2.01. The number of anilines is 1. The van der Waals surface area contributed by atoms with Gasteiger partial charge in [0.05, 0.1) is 16.4 Å². The van der Waals surface area contributed by atoms with Gasteiger partial charge in [-0.3, -0.25) is 5.43 Å². The zero-order valence-corrected chi connectivity index (χ0v) is 11.8. The lowest BCUT2D eigenvalue weighted by Crippen LogP contribution is -2.02. The molecule has 0 saturated carbocycles. The van der Waals surface area contributed by atoms with E-state index in [1.54, 1.807) is 18.3 Å². The van der Waals surface area contributed by atoms with Crippen molar-refractivity contribution in [2.24, 2.45) is 5.10 Å². The van der Waals surface area contributed by atoms with Crippen molar-refractivity contribution in [1.29, 1.82) is 0 Å². The Kier molecular flexibility index (Phi) is 5.06. The molecule has 2 aromatic rings. The second kappa shape index (κ2) is 7.00. The third kappa shape index (κ3) is 4.31. The summed E-state index contributed by atoms with van der Waals surface area (Å²) in [5.41, 5.74) is 4.48. The second-order valence-electron chi connectivity index (χ2n) is 3.80. The van der Waals surface area contributed by atoms with Crippen LogP contribution in [-0.2, 0) is 0 Å². The Labute approximate surface area is 123 Å². The molecule has 0 aliphatic carbocycles. The van der Waals surface area contributed by atoms with E-state index >= 15 is 0 Å². The van der Waals surface area contributed by atoms with Crippen molar-refractivity contribution in [2.75, 3.05) is 5.43 Å². The largest absolute Gasteiger partial charge is 0.434 e. The summed E-state index contributed by atoms with van der Waals surface area (Å²) in [4.78, 5) is 0. The zero-order valence-electron chi connectivity index (χ0n) is 10.3. The highest BCUT2D eigenvalue weighted by Crippen LogP contribution is 2.26. The van der Waals surface area contributed by atoms with Gasteiger partial charge < -0.3 is 4.74 Å². The SMILES string of the molecule is FC(F)Oc1ccc(C=NNc2ccccc2)cc1Br. The topological polar surface area (TPSA) is 33.6 Å². The summed E-state index contributed by atoms with van der Waals surface area (Å²) < 4.78 is 29.0. The number of nitrogens with one attached hydrogen (secondary N) is 1. The molecule has 2 aromatic carbocycles. The first-order valence-electron chi connectivity index (χ1n) is 5.73. The quantitative estimate of drug-likeness (QED) is 0.642.